The van der Waals surface area contributed by atoms with Crippen molar-refractivity contribution >= 4 is 11.9 Å². The van der Waals surface area contributed by atoms with E-state index in [-0.39, 0.29) is 25.2 Å². The van der Waals surface area contributed by atoms with E-state index in [4.69, 9.17) is 14.2 Å². The van der Waals surface area contributed by atoms with E-state index < -0.39 is 6.10 Å². The molecule has 0 amide bonds. The lowest BCUT2D eigenvalue weighted by Gasteiger charge is -2.18. The molecule has 0 bridgehead atoms. The fraction of sp³-hybridized carbons (Fsp3) is 0.731. The average molecular weight is 1000 g/mol. The van der Waals surface area contributed by atoms with Crippen LogP contribution in [0.1, 0.15) is 290 Å². The number of carbonyl (C=O) groups excluding carboxylic acids is 2. The molecule has 0 spiro atoms. The summed E-state index contributed by atoms with van der Waals surface area (Å²) in [5, 5.41) is 0. The lowest BCUT2D eigenvalue weighted by Crippen LogP contribution is -2.30. The van der Waals surface area contributed by atoms with Crippen LogP contribution in [-0.2, 0) is 23.8 Å². The lowest BCUT2D eigenvalue weighted by molar-refractivity contribution is -0.163. The number of carbonyl (C=O) groups is 2. The summed E-state index contributed by atoms with van der Waals surface area (Å²) in [5.41, 5.74) is 0. The molecular formula is C67H116O5. The van der Waals surface area contributed by atoms with Crippen LogP contribution >= 0.6 is 0 Å². The summed E-state index contributed by atoms with van der Waals surface area (Å²) in [6.07, 6.45) is 84.5. The second-order valence-corrected chi connectivity index (χ2v) is 20.2. The van der Waals surface area contributed by atoms with Crippen molar-refractivity contribution < 1.29 is 23.8 Å². The maximum atomic E-state index is 12.9. The molecule has 0 radical (unpaired) electrons. The van der Waals surface area contributed by atoms with Crippen molar-refractivity contribution in [2.45, 2.75) is 297 Å². The maximum Gasteiger partial charge on any atom is 0.306 e. The van der Waals surface area contributed by atoms with E-state index in [0.717, 1.165) is 89.9 Å². The molecular weight excluding hydrogens is 885 g/mol. The van der Waals surface area contributed by atoms with Gasteiger partial charge in [-0.1, -0.05) is 279 Å². The third-order valence-electron chi connectivity index (χ3n) is 13.1. The molecule has 1 atom stereocenters. The van der Waals surface area contributed by atoms with Gasteiger partial charge in [0.25, 0.3) is 0 Å². The van der Waals surface area contributed by atoms with Gasteiger partial charge in [0.05, 0.1) is 6.61 Å². The Morgan fingerprint density at radius 2 is 0.625 bits per heavy atom. The van der Waals surface area contributed by atoms with E-state index in [2.05, 4.69) is 118 Å². The summed E-state index contributed by atoms with van der Waals surface area (Å²) in [6.45, 7) is 7.58. The number of ether oxygens (including phenoxy) is 3. The lowest BCUT2D eigenvalue weighted by atomic mass is 10.0. The van der Waals surface area contributed by atoms with Gasteiger partial charge in [-0.2, -0.15) is 0 Å². The second-order valence-electron chi connectivity index (χ2n) is 20.2. The largest absolute Gasteiger partial charge is 0.462 e. The zero-order valence-corrected chi connectivity index (χ0v) is 47.7. The highest BCUT2D eigenvalue weighted by atomic mass is 16.6. The summed E-state index contributed by atoms with van der Waals surface area (Å²) < 4.78 is 17.5. The molecule has 0 aliphatic heterocycles. The molecule has 1 unspecified atom stereocenters. The van der Waals surface area contributed by atoms with Gasteiger partial charge in [0.1, 0.15) is 6.61 Å². The SMILES string of the molecule is CC/C=C\C/C=C\C/C=C\C/C=C\C/C=C\C/C=C\CCCOCC(COC(=O)CCCCCCCCCCC/C=C\C/C=C\CCCCC)OC(=O)CCCCCCCCCCCCCCCCCCC. The van der Waals surface area contributed by atoms with E-state index >= 15 is 0 Å². The first-order valence-corrected chi connectivity index (χ1v) is 30.8. The topological polar surface area (TPSA) is 61.8 Å². The number of esters is 2. The predicted octanol–water partition coefficient (Wildman–Crippen LogP) is 21.4. The molecule has 0 N–H and O–H groups in total. The van der Waals surface area contributed by atoms with E-state index in [1.165, 1.54) is 167 Å². The highest BCUT2D eigenvalue weighted by Gasteiger charge is 2.17. The van der Waals surface area contributed by atoms with Gasteiger partial charge < -0.3 is 14.2 Å². The number of hydrogen-bond acceptors (Lipinski definition) is 5. The van der Waals surface area contributed by atoms with Crippen molar-refractivity contribution in [2.75, 3.05) is 19.8 Å². The number of rotatable bonds is 56. The Hall–Kier alpha value is -3.18. The molecule has 0 aromatic heterocycles. The summed E-state index contributed by atoms with van der Waals surface area (Å²) in [6, 6.07) is 0. The molecule has 0 saturated carbocycles. The number of unbranched alkanes of at least 4 members (excludes halogenated alkanes) is 29. The molecule has 72 heavy (non-hydrogen) atoms. The second kappa shape index (κ2) is 62.1. The van der Waals surface area contributed by atoms with Crippen LogP contribution in [-0.4, -0.2) is 37.9 Å². The van der Waals surface area contributed by atoms with E-state index in [9.17, 15) is 9.59 Å². The van der Waals surface area contributed by atoms with Crippen LogP contribution in [0.15, 0.2) is 97.2 Å². The molecule has 0 aliphatic rings. The zero-order chi connectivity index (χ0) is 52.0. The van der Waals surface area contributed by atoms with Gasteiger partial charge in [-0.3, -0.25) is 9.59 Å². The Labute approximate surface area is 447 Å². The fourth-order valence-electron chi connectivity index (χ4n) is 8.56. The van der Waals surface area contributed by atoms with Crippen LogP contribution in [0.2, 0.25) is 0 Å². The summed E-state index contributed by atoms with van der Waals surface area (Å²) in [5.74, 6) is -0.425. The molecule has 5 nitrogen and oxygen atoms in total. The maximum absolute atomic E-state index is 12.9. The highest BCUT2D eigenvalue weighted by Crippen LogP contribution is 2.16. The van der Waals surface area contributed by atoms with Gasteiger partial charge in [0, 0.05) is 19.4 Å². The summed E-state index contributed by atoms with van der Waals surface area (Å²) >= 11 is 0. The molecule has 0 aromatic carbocycles. The van der Waals surface area contributed by atoms with Crippen molar-refractivity contribution in [3.63, 3.8) is 0 Å². The molecule has 0 heterocycles. The number of allylic oxidation sites excluding steroid dienone is 16. The zero-order valence-electron chi connectivity index (χ0n) is 47.7. The van der Waals surface area contributed by atoms with Gasteiger partial charge in [-0.05, 0) is 96.3 Å². The van der Waals surface area contributed by atoms with Gasteiger partial charge >= 0.3 is 11.9 Å². The predicted molar refractivity (Wildman–Crippen MR) is 316 cm³/mol. The molecule has 0 rings (SSSR count). The fourth-order valence-corrected chi connectivity index (χ4v) is 8.56. The van der Waals surface area contributed by atoms with Gasteiger partial charge in [0.15, 0.2) is 6.10 Å². The van der Waals surface area contributed by atoms with Gasteiger partial charge in [-0.25, -0.2) is 0 Å². The third-order valence-corrected chi connectivity index (χ3v) is 13.1. The van der Waals surface area contributed by atoms with Crippen LogP contribution in [0.3, 0.4) is 0 Å². The quantitative estimate of drug-likeness (QED) is 0.0345. The van der Waals surface area contributed by atoms with Crippen molar-refractivity contribution in [1.29, 1.82) is 0 Å². The smallest absolute Gasteiger partial charge is 0.306 e. The van der Waals surface area contributed by atoms with Crippen LogP contribution in [0, 0.1) is 0 Å². The van der Waals surface area contributed by atoms with Gasteiger partial charge in [-0.15, -0.1) is 0 Å². The molecule has 414 valence electrons. The normalized spacial score (nSPS) is 12.9. The van der Waals surface area contributed by atoms with Crippen LogP contribution in [0.5, 0.6) is 0 Å². The minimum Gasteiger partial charge on any atom is -0.462 e. The van der Waals surface area contributed by atoms with Crippen molar-refractivity contribution in [3.8, 4) is 0 Å². The minimum absolute atomic E-state index is 0.0583. The van der Waals surface area contributed by atoms with Crippen molar-refractivity contribution in [3.05, 3.63) is 97.2 Å². The first-order chi connectivity index (χ1) is 35.6. The van der Waals surface area contributed by atoms with Gasteiger partial charge in [0.2, 0.25) is 0 Å². The van der Waals surface area contributed by atoms with E-state index in [1.54, 1.807) is 0 Å². The molecule has 0 saturated heterocycles. The molecule has 0 fully saturated rings. The average Bonchev–Trinajstić information content (AvgIpc) is 3.38. The number of hydrogen-bond donors (Lipinski definition) is 0. The summed E-state index contributed by atoms with van der Waals surface area (Å²) in [7, 11) is 0. The first-order valence-electron chi connectivity index (χ1n) is 30.8. The monoisotopic (exact) mass is 1000 g/mol. The molecule has 5 heteroatoms. The standard InChI is InChI=1S/C67H116O5/c1-4-7-10-13-16-19-22-25-28-31-33-35-38-41-44-47-50-53-56-59-62-70-63-65(72-67(69)61-58-55-52-49-46-43-40-36-30-27-24-21-18-15-12-9-6-3)64-71-66(68)60-57-54-51-48-45-42-39-37-34-32-29-26-23-20-17-14-11-8-5-2/h7,10,16-17,19-20,25-26,28-29,33,35,41,44,50,53,65H,4-6,8-9,11-15,18,21-24,27,30-32,34,36-40,42-43,45-49,51-52,54-64H2,1-3H3/b10-7-,19-16-,20-17-,28-25-,29-26-,35-33-,44-41-,53-50-. The van der Waals surface area contributed by atoms with Crippen LogP contribution < -0.4 is 0 Å². The Balaban J connectivity index is 4.37. The van der Waals surface area contributed by atoms with Crippen LogP contribution in [0.25, 0.3) is 0 Å². The van der Waals surface area contributed by atoms with Crippen molar-refractivity contribution in [2.24, 2.45) is 0 Å². The Bertz CT molecular complexity index is 1360. The Kier molecular flexibility index (Phi) is 59.4. The minimum atomic E-state index is -0.573. The summed E-state index contributed by atoms with van der Waals surface area (Å²) in [4.78, 5) is 25.6. The Morgan fingerprint density at radius 1 is 0.319 bits per heavy atom. The van der Waals surface area contributed by atoms with Crippen molar-refractivity contribution in [1.82, 2.24) is 0 Å². The van der Waals surface area contributed by atoms with E-state index in [1.807, 2.05) is 0 Å². The molecule has 0 aromatic rings. The van der Waals surface area contributed by atoms with Crippen LogP contribution in [0.4, 0.5) is 0 Å². The molecule has 0 aliphatic carbocycles. The highest BCUT2D eigenvalue weighted by molar-refractivity contribution is 5.70. The van der Waals surface area contributed by atoms with E-state index in [0.29, 0.717) is 19.4 Å². The Morgan fingerprint density at radius 3 is 1.03 bits per heavy atom. The first kappa shape index (κ1) is 68.8. The third kappa shape index (κ3) is 59.4.